The van der Waals surface area contributed by atoms with Crippen molar-refractivity contribution in [2.45, 2.75) is 38.3 Å². The number of carbonyl (C=O) groups is 1. The van der Waals surface area contributed by atoms with Gasteiger partial charge in [0.15, 0.2) is 5.69 Å². The summed E-state index contributed by atoms with van der Waals surface area (Å²) in [6.07, 6.45) is 1.61. The topological polar surface area (TPSA) is 58.6 Å². The van der Waals surface area contributed by atoms with E-state index >= 15 is 0 Å². The van der Waals surface area contributed by atoms with Crippen molar-refractivity contribution < 1.29 is 9.53 Å². The summed E-state index contributed by atoms with van der Waals surface area (Å²) in [6, 6.07) is 9.00. The summed E-state index contributed by atoms with van der Waals surface area (Å²) in [5, 5.41) is 5.63. The Bertz CT molecular complexity index is 770. The maximum absolute atomic E-state index is 12.6. The van der Waals surface area contributed by atoms with Crippen LogP contribution in [0.4, 0.5) is 5.69 Å². The lowest BCUT2D eigenvalue weighted by atomic mass is 9.83. The van der Waals surface area contributed by atoms with Gasteiger partial charge in [-0.3, -0.25) is 4.79 Å². The van der Waals surface area contributed by atoms with Gasteiger partial charge in [0.05, 0.1) is 12.2 Å². The lowest BCUT2D eigenvalue weighted by molar-refractivity contribution is -0.0792. The van der Waals surface area contributed by atoms with Crippen molar-refractivity contribution in [3.05, 3.63) is 40.9 Å². The van der Waals surface area contributed by atoms with Crippen LogP contribution in [0.15, 0.2) is 29.6 Å². The Hall–Kier alpha value is -1.99. The number of aromatic nitrogens is 2. The number of rotatable bonds is 2. The molecule has 26 heavy (non-hydrogen) atoms. The van der Waals surface area contributed by atoms with Gasteiger partial charge in [-0.15, -0.1) is 5.10 Å². The number of ether oxygens (including phenoxy) is 1. The number of piperidine rings is 1. The molecule has 1 fully saturated rings. The van der Waals surface area contributed by atoms with E-state index in [1.54, 1.807) is 5.38 Å². The van der Waals surface area contributed by atoms with E-state index in [-0.39, 0.29) is 11.5 Å². The van der Waals surface area contributed by atoms with E-state index in [9.17, 15) is 4.79 Å². The first-order chi connectivity index (χ1) is 12.6. The fraction of sp³-hybridized carbons (Fsp3) is 0.526. The van der Waals surface area contributed by atoms with Crippen LogP contribution in [0.3, 0.4) is 0 Å². The Balaban J connectivity index is 1.59. The highest BCUT2D eigenvalue weighted by atomic mass is 32.1. The Labute approximate surface area is 157 Å². The first kappa shape index (κ1) is 17.4. The predicted molar refractivity (Wildman–Crippen MR) is 102 cm³/mol. The Morgan fingerprint density at radius 2 is 2.00 bits per heavy atom. The van der Waals surface area contributed by atoms with Crippen LogP contribution in [0.5, 0.6) is 0 Å². The number of fused-ring (bicyclic) bond motifs is 2. The quantitative estimate of drug-likeness (QED) is 0.811. The standard InChI is InChI=1S/C19H24N4O2S/c1-14(2)23-11-12-25-19(15-5-3-4-6-17(15)23)7-9-22(10-8-19)18(24)16-13-26-21-20-16/h3-6,13-14H,7-12H2,1-2H3. The van der Waals surface area contributed by atoms with Gasteiger partial charge in [-0.25, -0.2) is 0 Å². The summed E-state index contributed by atoms with van der Waals surface area (Å²) in [7, 11) is 0. The third kappa shape index (κ3) is 2.99. The van der Waals surface area contributed by atoms with E-state index in [1.165, 1.54) is 22.8 Å². The van der Waals surface area contributed by atoms with Gasteiger partial charge in [0, 0.05) is 42.3 Å². The number of likely N-dealkylation sites (tertiary alicyclic amines) is 1. The third-order valence-corrected chi connectivity index (χ3v) is 5.98. The molecule has 2 aliphatic heterocycles. The summed E-state index contributed by atoms with van der Waals surface area (Å²) < 4.78 is 10.3. The highest BCUT2D eigenvalue weighted by molar-refractivity contribution is 7.03. The second-order valence-corrected chi connectivity index (χ2v) is 7.84. The second kappa shape index (κ2) is 6.96. The molecule has 0 N–H and O–H groups in total. The number of benzene rings is 1. The molecule has 1 saturated heterocycles. The number of hydrogen-bond donors (Lipinski definition) is 0. The molecular weight excluding hydrogens is 348 g/mol. The lowest BCUT2D eigenvalue weighted by Gasteiger charge is -2.41. The van der Waals surface area contributed by atoms with Crippen molar-refractivity contribution in [1.82, 2.24) is 14.5 Å². The molecule has 2 aromatic rings. The SMILES string of the molecule is CC(C)N1CCOC2(CCN(C(=O)c3csnn3)CC2)c2ccccc21. The van der Waals surface area contributed by atoms with Crippen LogP contribution in [-0.2, 0) is 10.3 Å². The average Bonchev–Trinajstić information content (AvgIpc) is 3.15. The lowest BCUT2D eigenvalue weighted by Crippen LogP contribution is -2.46. The minimum absolute atomic E-state index is 0.0284. The Morgan fingerprint density at radius 1 is 1.23 bits per heavy atom. The molecule has 0 bridgehead atoms. The van der Waals surface area contributed by atoms with E-state index in [1.807, 2.05) is 4.90 Å². The minimum Gasteiger partial charge on any atom is -0.368 e. The number of hydrogen-bond acceptors (Lipinski definition) is 6. The smallest absolute Gasteiger partial charge is 0.275 e. The van der Waals surface area contributed by atoms with Gasteiger partial charge in [0.25, 0.3) is 5.91 Å². The Morgan fingerprint density at radius 3 is 2.69 bits per heavy atom. The highest BCUT2D eigenvalue weighted by Crippen LogP contribution is 2.43. The predicted octanol–water partition coefficient (Wildman–Crippen LogP) is 2.91. The number of amides is 1. The monoisotopic (exact) mass is 372 g/mol. The van der Waals surface area contributed by atoms with Crippen LogP contribution in [0.2, 0.25) is 0 Å². The molecule has 1 aromatic heterocycles. The van der Waals surface area contributed by atoms with Crippen LogP contribution in [-0.4, -0.2) is 52.7 Å². The van der Waals surface area contributed by atoms with Gasteiger partial charge in [-0.1, -0.05) is 22.7 Å². The van der Waals surface area contributed by atoms with Crippen LogP contribution < -0.4 is 4.90 Å². The zero-order valence-electron chi connectivity index (χ0n) is 15.2. The second-order valence-electron chi connectivity index (χ2n) is 7.23. The molecule has 4 rings (SSSR count). The molecule has 1 amide bonds. The first-order valence-electron chi connectivity index (χ1n) is 9.17. The molecule has 0 atom stereocenters. The highest BCUT2D eigenvalue weighted by Gasteiger charge is 2.42. The van der Waals surface area contributed by atoms with E-state index in [4.69, 9.17) is 4.74 Å². The molecule has 1 spiro atoms. The summed E-state index contributed by atoms with van der Waals surface area (Å²) in [5.41, 5.74) is 2.66. The van der Waals surface area contributed by atoms with Crippen molar-refractivity contribution >= 4 is 23.1 Å². The molecule has 0 unspecified atom stereocenters. The Kier molecular flexibility index (Phi) is 4.67. The molecule has 0 aliphatic carbocycles. The molecule has 3 heterocycles. The van der Waals surface area contributed by atoms with E-state index in [0.29, 0.717) is 31.4 Å². The van der Waals surface area contributed by atoms with Gasteiger partial charge in [0.2, 0.25) is 0 Å². The van der Waals surface area contributed by atoms with Crippen LogP contribution in [0.1, 0.15) is 42.7 Å². The van der Waals surface area contributed by atoms with Crippen LogP contribution in [0.25, 0.3) is 0 Å². The molecule has 138 valence electrons. The third-order valence-electron chi connectivity index (χ3n) is 5.48. The first-order valence-corrected chi connectivity index (χ1v) is 10.0. The van der Waals surface area contributed by atoms with Crippen molar-refractivity contribution in [3.63, 3.8) is 0 Å². The molecule has 0 radical (unpaired) electrons. The van der Waals surface area contributed by atoms with Crippen molar-refractivity contribution in [1.29, 1.82) is 0 Å². The molecule has 2 aliphatic rings. The van der Waals surface area contributed by atoms with E-state index < -0.39 is 0 Å². The van der Waals surface area contributed by atoms with Crippen molar-refractivity contribution in [2.24, 2.45) is 0 Å². The average molecular weight is 372 g/mol. The van der Waals surface area contributed by atoms with Crippen molar-refractivity contribution in [2.75, 3.05) is 31.1 Å². The fourth-order valence-electron chi connectivity index (χ4n) is 4.09. The molecule has 7 heteroatoms. The van der Waals surface area contributed by atoms with Gasteiger partial charge < -0.3 is 14.5 Å². The largest absolute Gasteiger partial charge is 0.368 e. The molecule has 6 nitrogen and oxygen atoms in total. The molecule has 1 aromatic carbocycles. The van der Waals surface area contributed by atoms with E-state index in [0.717, 1.165) is 19.4 Å². The normalized spacial score (nSPS) is 19.5. The van der Waals surface area contributed by atoms with Gasteiger partial charge in [-0.05, 0) is 44.3 Å². The maximum atomic E-state index is 12.6. The summed E-state index contributed by atoms with van der Waals surface area (Å²) in [5.74, 6) is -0.0284. The minimum atomic E-state index is -0.308. The number of anilines is 1. The summed E-state index contributed by atoms with van der Waals surface area (Å²) in [6.45, 7) is 7.38. The zero-order chi connectivity index (χ0) is 18.1. The summed E-state index contributed by atoms with van der Waals surface area (Å²) in [4.78, 5) is 16.9. The van der Waals surface area contributed by atoms with Crippen molar-refractivity contribution in [3.8, 4) is 0 Å². The van der Waals surface area contributed by atoms with Gasteiger partial charge >= 0.3 is 0 Å². The maximum Gasteiger partial charge on any atom is 0.275 e. The number of para-hydroxylation sites is 1. The van der Waals surface area contributed by atoms with Gasteiger partial charge in [-0.2, -0.15) is 0 Å². The summed E-state index contributed by atoms with van der Waals surface area (Å²) >= 11 is 1.21. The number of nitrogens with zero attached hydrogens (tertiary/aromatic N) is 4. The van der Waals surface area contributed by atoms with Crippen LogP contribution >= 0.6 is 11.5 Å². The fourth-order valence-corrected chi connectivity index (χ4v) is 4.52. The number of carbonyl (C=O) groups excluding carboxylic acids is 1. The zero-order valence-corrected chi connectivity index (χ0v) is 16.0. The van der Waals surface area contributed by atoms with Crippen LogP contribution in [0, 0.1) is 0 Å². The van der Waals surface area contributed by atoms with Gasteiger partial charge in [0.1, 0.15) is 0 Å². The molecule has 0 saturated carbocycles. The van der Waals surface area contributed by atoms with E-state index in [2.05, 4.69) is 52.6 Å². The molecular formula is C19H24N4O2S.